The second-order valence-electron chi connectivity index (χ2n) is 5.84. The number of anilines is 1. The number of benzene rings is 1. The van der Waals surface area contributed by atoms with E-state index in [0.29, 0.717) is 11.4 Å². The average Bonchev–Trinajstić information content (AvgIpc) is 2.51. The molecule has 0 aromatic heterocycles. The fraction of sp³-hybridized carbons (Fsp3) is 0.438. The van der Waals surface area contributed by atoms with Crippen LogP contribution in [0.5, 0.6) is 5.75 Å². The minimum absolute atomic E-state index is 0.145. The van der Waals surface area contributed by atoms with Crippen molar-refractivity contribution in [3.63, 3.8) is 0 Å². The number of hydrogen-bond donors (Lipinski definition) is 1. The highest BCUT2D eigenvalue weighted by Gasteiger charge is 2.53. The topological polar surface area (TPSA) is 100 Å². The molecule has 1 N–H and O–H groups in total. The summed E-state index contributed by atoms with van der Waals surface area (Å²) < 4.78 is 20.0. The van der Waals surface area contributed by atoms with Crippen LogP contribution in [-0.2, 0) is 23.8 Å². The summed E-state index contributed by atoms with van der Waals surface area (Å²) in [7, 11) is 2.65. The van der Waals surface area contributed by atoms with Crippen LogP contribution in [0.1, 0.15) is 31.1 Å². The molecule has 1 aromatic rings. The summed E-state index contributed by atoms with van der Waals surface area (Å²) in [6.45, 7) is 4.27. The molecule has 1 aromatic carbocycles. The lowest BCUT2D eigenvalue weighted by molar-refractivity contribution is -0.239. The van der Waals surface area contributed by atoms with E-state index in [-0.39, 0.29) is 5.56 Å². The Morgan fingerprint density at radius 1 is 1.08 bits per heavy atom. The lowest BCUT2D eigenvalue weighted by atomic mass is 10.00. The van der Waals surface area contributed by atoms with Crippen LogP contribution in [0.4, 0.5) is 5.69 Å². The van der Waals surface area contributed by atoms with E-state index < -0.39 is 29.2 Å². The molecule has 1 heterocycles. The van der Waals surface area contributed by atoms with E-state index in [1.54, 1.807) is 6.07 Å². The number of hydrogen-bond acceptors (Lipinski definition) is 8. The number of carbonyl (C=O) groups is 3. The minimum atomic E-state index is -1.74. The minimum Gasteiger partial charge on any atom is -0.496 e. The van der Waals surface area contributed by atoms with E-state index in [1.165, 1.54) is 47.1 Å². The molecule has 1 fully saturated rings. The third kappa shape index (κ3) is 3.12. The third-order valence-electron chi connectivity index (χ3n) is 3.49. The zero-order chi connectivity index (χ0) is 18.1. The number of ether oxygens (including phenoxy) is 4. The molecule has 8 nitrogen and oxygen atoms in total. The molecule has 0 saturated carbocycles. The van der Waals surface area contributed by atoms with Crippen molar-refractivity contribution in [1.82, 2.24) is 0 Å². The second kappa shape index (κ2) is 6.03. The Morgan fingerprint density at radius 2 is 1.67 bits per heavy atom. The maximum Gasteiger partial charge on any atom is 0.346 e. The Labute approximate surface area is 139 Å². The first-order valence-corrected chi connectivity index (χ1v) is 7.14. The van der Waals surface area contributed by atoms with E-state index in [1.807, 2.05) is 0 Å². The van der Waals surface area contributed by atoms with Crippen LogP contribution in [-0.4, -0.2) is 43.5 Å². The summed E-state index contributed by atoms with van der Waals surface area (Å²) in [4.78, 5) is 36.3. The maximum absolute atomic E-state index is 12.2. The van der Waals surface area contributed by atoms with Crippen LogP contribution in [0.15, 0.2) is 18.2 Å². The molecule has 0 atom stereocenters. The van der Waals surface area contributed by atoms with Crippen molar-refractivity contribution in [2.24, 2.45) is 0 Å². The van der Waals surface area contributed by atoms with Crippen molar-refractivity contribution < 1.29 is 33.3 Å². The summed E-state index contributed by atoms with van der Waals surface area (Å²) in [5.74, 6) is -3.20. The van der Waals surface area contributed by atoms with Gasteiger partial charge in [0.25, 0.3) is 5.79 Å². The van der Waals surface area contributed by atoms with Gasteiger partial charge in [0.1, 0.15) is 11.3 Å². The van der Waals surface area contributed by atoms with Gasteiger partial charge in [-0.3, -0.25) is 0 Å². The lowest BCUT2D eigenvalue weighted by Crippen LogP contribution is -2.61. The molecule has 0 aliphatic carbocycles. The zero-order valence-electron chi connectivity index (χ0n) is 14.1. The maximum atomic E-state index is 12.2. The summed E-state index contributed by atoms with van der Waals surface area (Å²) in [6, 6.07) is 4.48. The Morgan fingerprint density at radius 3 is 2.17 bits per heavy atom. The van der Waals surface area contributed by atoms with Crippen molar-refractivity contribution >= 4 is 23.6 Å². The number of esters is 3. The van der Waals surface area contributed by atoms with E-state index in [2.05, 4.69) is 10.1 Å². The number of rotatable bonds is 4. The smallest absolute Gasteiger partial charge is 0.346 e. The van der Waals surface area contributed by atoms with E-state index in [9.17, 15) is 14.4 Å². The summed E-state index contributed by atoms with van der Waals surface area (Å²) in [5, 5.41) is 2.75. The van der Waals surface area contributed by atoms with Crippen LogP contribution in [0.3, 0.4) is 0 Å². The molecule has 8 heteroatoms. The SMILES string of the molecule is COC(=O)c1cc(NC2(C)C(=O)OC(C)(C)OC2=O)ccc1OC. The van der Waals surface area contributed by atoms with Gasteiger partial charge in [-0.05, 0) is 25.1 Å². The van der Waals surface area contributed by atoms with E-state index >= 15 is 0 Å². The third-order valence-corrected chi connectivity index (χ3v) is 3.49. The predicted octanol–water partition coefficient (Wildman–Crippen LogP) is 1.49. The van der Waals surface area contributed by atoms with Crippen molar-refractivity contribution in [2.45, 2.75) is 32.1 Å². The Kier molecular flexibility index (Phi) is 4.42. The van der Waals surface area contributed by atoms with Crippen LogP contribution in [0.2, 0.25) is 0 Å². The van der Waals surface area contributed by atoms with Crippen LogP contribution >= 0.6 is 0 Å². The fourth-order valence-electron chi connectivity index (χ4n) is 2.20. The highest BCUT2D eigenvalue weighted by molar-refractivity contribution is 6.09. The van der Waals surface area contributed by atoms with Crippen molar-refractivity contribution in [1.29, 1.82) is 0 Å². The molecule has 0 spiro atoms. The van der Waals surface area contributed by atoms with Gasteiger partial charge in [-0.1, -0.05) is 0 Å². The van der Waals surface area contributed by atoms with Gasteiger partial charge >= 0.3 is 17.9 Å². The molecule has 2 rings (SSSR count). The molecule has 1 saturated heterocycles. The molecular formula is C16H19NO7. The zero-order valence-corrected chi connectivity index (χ0v) is 14.1. The van der Waals surface area contributed by atoms with E-state index in [4.69, 9.17) is 14.2 Å². The Hall–Kier alpha value is -2.77. The summed E-state index contributed by atoms with van der Waals surface area (Å²) >= 11 is 0. The van der Waals surface area contributed by atoms with Gasteiger partial charge < -0.3 is 24.3 Å². The van der Waals surface area contributed by atoms with Gasteiger partial charge in [-0.15, -0.1) is 0 Å². The Bertz CT molecular complexity index is 676. The molecule has 130 valence electrons. The molecule has 0 amide bonds. The lowest BCUT2D eigenvalue weighted by Gasteiger charge is -2.38. The fourth-order valence-corrected chi connectivity index (χ4v) is 2.20. The first kappa shape index (κ1) is 17.6. The van der Waals surface area contributed by atoms with Gasteiger partial charge in [-0.25, -0.2) is 14.4 Å². The predicted molar refractivity (Wildman–Crippen MR) is 82.6 cm³/mol. The largest absolute Gasteiger partial charge is 0.496 e. The number of nitrogens with one attached hydrogen (secondary N) is 1. The Balaban J connectivity index is 2.35. The van der Waals surface area contributed by atoms with Crippen LogP contribution in [0.25, 0.3) is 0 Å². The normalized spacial score (nSPS) is 18.2. The highest BCUT2D eigenvalue weighted by Crippen LogP contribution is 2.31. The van der Waals surface area contributed by atoms with Crippen molar-refractivity contribution in [3.8, 4) is 5.75 Å². The number of carbonyl (C=O) groups excluding carboxylic acids is 3. The van der Waals surface area contributed by atoms with Crippen LogP contribution < -0.4 is 10.1 Å². The molecule has 1 aliphatic rings. The highest BCUT2D eigenvalue weighted by atomic mass is 16.7. The number of cyclic esters (lactones) is 2. The van der Waals surface area contributed by atoms with Gasteiger partial charge in [0.05, 0.1) is 14.2 Å². The van der Waals surface area contributed by atoms with Crippen LogP contribution in [0, 0.1) is 0 Å². The van der Waals surface area contributed by atoms with Gasteiger partial charge in [0.15, 0.2) is 0 Å². The van der Waals surface area contributed by atoms with Gasteiger partial charge in [-0.2, -0.15) is 0 Å². The standard InChI is InChI=1S/C16H19NO7/c1-15(2)23-13(19)16(3,14(20)24-15)17-9-6-7-11(21-4)10(8-9)12(18)22-5/h6-8,17H,1-5H3. The second-order valence-corrected chi connectivity index (χ2v) is 5.84. The molecule has 0 bridgehead atoms. The molecule has 1 aliphatic heterocycles. The first-order valence-electron chi connectivity index (χ1n) is 7.14. The molecular weight excluding hydrogens is 318 g/mol. The quantitative estimate of drug-likeness (QED) is 0.651. The van der Waals surface area contributed by atoms with Gasteiger partial charge in [0, 0.05) is 19.5 Å². The van der Waals surface area contributed by atoms with Gasteiger partial charge in [0.2, 0.25) is 5.54 Å². The van der Waals surface area contributed by atoms with Crippen molar-refractivity contribution in [2.75, 3.05) is 19.5 Å². The first-order chi connectivity index (χ1) is 11.1. The molecule has 0 radical (unpaired) electrons. The monoisotopic (exact) mass is 337 g/mol. The number of methoxy groups -OCH3 is 2. The molecule has 0 unspecified atom stereocenters. The molecule has 24 heavy (non-hydrogen) atoms. The summed E-state index contributed by atoms with van der Waals surface area (Å²) in [5.41, 5.74) is -1.27. The summed E-state index contributed by atoms with van der Waals surface area (Å²) in [6.07, 6.45) is 0. The van der Waals surface area contributed by atoms with E-state index in [0.717, 1.165) is 0 Å². The average molecular weight is 337 g/mol. The van der Waals surface area contributed by atoms with Crippen molar-refractivity contribution in [3.05, 3.63) is 23.8 Å².